The van der Waals surface area contributed by atoms with Gasteiger partial charge >= 0.3 is 23.8 Å². The predicted molar refractivity (Wildman–Crippen MR) is 71.5 cm³/mol. The van der Waals surface area contributed by atoms with Crippen LogP contribution in [-0.2, 0) is 19.2 Å². The van der Waals surface area contributed by atoms with Crippen molar-refractivity contribution in [3.63, 3.8) is 0 Å². The molecule has 2 atom stereocenters. The molecule has 2 amide bonds. The third-order valence-electron chi connectivity index (χ3n) is 3.42. The van der Waals surface area contributed by atoms with Gasteiger partial charge in [-0.05, 0) is 25.7 Å². The highest BCUT2D eigenvalue weighted by molar-refractivity contribution is 6.35. The second-order valence-electron chi connectivity index (χ2n) is 5.00. The maximum absolute atomic E-state index is 12.0. The van der Waals surface area contributed by atoms with Crippen LogP contribution >= 0.6 is 0 Å². The summed E-state index contributed by atoms with van der Waals surface area (Å²) in [6.45, 7) is 1.95. The van der Waals surface area contributed by atoms with E-state index in [1.165, 1.54) is 0 Å². The van der Waals surface area contributed by atoms with E-state index in [1.807, 2.05) is 0 Å². The van der Waals surface area contributed by atoms with E-state index in [0.717, 1.165) is 4.90 Å². The number of aliphatic carboxylic acids is 2. The van der Waals surface area contributed by atoms with Crippen molar-refractivity contribution in [3.8, 4) is 0 Å². The van der Waals surface area contributed by atoms with Crippen LogP contribution in [0, 0.1) is 0 Å². The highest BCUT2D eigenvalue weighted by Gasteiger charge is 2.36. The fourth-order valence-corrected chi connectivity index (χ4v) is 2.33. The Balaban J connectivity index is 2.73. The van der Waals surface area contributed by atoms with Crippen molar-refractivity contribution in [1.82, 2.24) is 10.2 Å². The van der Waals surface area contributed by atoms with Crippen molar-refractivity contribution in [1.29, 1.82) is 0 Å². The second kappa shape index (κ2) is 7.61. The molecule has 0 saturated carbocycles. The molecular weight excluding hydrogens is 280 g/mol. The third-order valence-corrected chi connectivity index (χ3v) is 3.42. The molecule has 1 aliphatic heterocycles. The number of carboxylic acid groups (broad SMARTS) is 2. The minimum Gasteiger partial charge on any atom is -0.480 e. The molecule has 8 nitrogen and oxygen atoms in total. The maximum Gasteiger partial charge on any atom is 0.326 e. The quantitative estimate of drug-likeness (QED) is 0.605. The molecule has 1 rings (SSSR count). The molecule has 1 saturated heterocycles. The summed E-state index contributed by atoms with van der Waals surface area (Å²) in [6, 6.07) is -2.16. The molecule has 0 aliphatic carbocycles. The number of hydrogen-bond donors (Lipinski definition) is 3. The monoisotopic (exact) mass is 300 g/mol. The molecule has 118 valence electrons. The molecule has 0 aromatic heterocycles. The molecule has 0 radical (unpaired) electrons. The van der Waals surface area contributed by atoms with Gasteiger partial charge in [-0.1, -0.05) is 13.3 Å². The van der Waals surface area contributed by atoms with Crippen molar-refractivity contribution in [3.05, 3.63) is 0 Å². The van der Waals surface area contributed by atoms with Gasteiger partial charge in [0.25, 0.3) is 0 Å². The average Bonchev–Trinajstić information content (AvgIpc) is 2.45. The summed E-state index contributed by atoms with van der Waals surface area (Å²) in [5.74, 6) is -4.42. The molecule has 0 aromatic carbocycles. The number of nitrogens with one attached hydrogen (secondary N) is 1. The Labute approximate surface area is 122 Å². The molecular formula is C13H20N2O6. The maximum atomic E-state index is 12.0. The van der Waals surface area contributed by atoms with Crippen LogP contribution in [-0.4, -0.2) is 57.5 Å². The van der Waals surface area contributed by atoms with Gasteiger partial charge in [0, 0.05) is 6.54 Å². The summed E-state index contributed by atoms with van der Waals surface area (Å²) < 4.78 is 0. The first-order valence-electron chi connectivity index (χ1n) is 6.95. The number of piperidine rings is 1. The van der Waals surface area contributed by atoms with Crippen LogP contribution in [0.15, 0.2) is 0 Å². The third kappa shape index (κ3) is 4.44. The first kappa shape index (κ1) is 16.9. The van der Waals surface area contributed by atoms with Gasteiger partial charge in [-0.15, -0.1) is 0 Å². The number of rotatable bonds is 5. The Morgan fingerprint density at radius 3 is 2.43 bits per heavy atom. The van der Waals surface area contributed by atoms with Crippen LogP contribution in [0.2, 0.25) is 0 Å². The predicted octanol–water partition coefficient (Wildman–Crippen LogP) is -0.178. The number of amides is 2. The Morgan fingerprint density at radius 2 is 1.90 bits per heavy atom. The van der Waals surface area contributed by atoms with E-state index >= 15 is 0 Å². The minimum atomic E-state index is -1.22. The van der Waals surface area contributed by atoms with Gasteiger partial charge in [0.15, 0.2) is 0 Å². The zero-order valence-electron chi connectivity index (χ0n) is 11.9. The number of carbonyl (C=O) groups excluding carboxylic acids is 2. The topological polar surface area (TPSA) is 124 Å². The SMILES string of the molecule is CCC[C@H](NC(=O)C(=O)N1CCCC[C@H]1C(=O)O)C(=O)O. The zero-order chi connectivity index (χ0) is 16.0. The summed E-state index contributed by atoms with van der Waals surface area (Å²) in [5, 5.41) is 20.2. The molecule has 21 heavy (non-hydrogen) atoms. The lowest BCUT2D eigenvalue weighted by molar-refractivity contribution is -0.157. The van der Waals surface area contributed by atoms with E-state index in [1.54, 1.807) is 6.92 Å². The number of hydrogen-bond acceptors (Lipinski definition) is 4. The smallest absolute Gasteiger partial charge is 0.326 e. The molecule has 1 fully saturated rings. The van der Waals surface area contributed by atoms with E-state index in [-0.39, 0.29) is 13.0 Å². The second-order valence-corrected chi connectivity index (χ2v) is 5.00. The molecule has 0 spiro atoms. The van der Waals surface area contributed by atoms with Gasteiger partial charge in [0.2, 0.25) is 0 Å². The molecule has 0 aromatic rings. The minimum absolute atomic E-state index is 0.189. The van der Waals surface area contributed by atoms with E-state index in [0.29, 0.717) is 25.7 Å². The summed E-state index contributed by atoms with van der Waals surface area (Å²) in [5.41, 5.74) is 0. The van der Waals surface area contributed by atoms with E-state index < -0.39 is 35.8 Å². The van der Waals surface area contributed by atoms with Crippen LogP contribution in [0.3, 0.4) is 0 Å². The Hall–Kier alpha value is -2.12. The van der Waals surface area contributed by atoms with Gasteiger partial charge in [0.1, 0.15) is 12.1 Å². The molecule has 8 heteroatoms. The van der Waals surface area contributed by atoms with Crippen LogP contribution in [0.4, 0.5) is 0 Å². The number of carbonyl (C=O) groups is 4. The Bertz CT molecular complexity index is 436. The van der Waals surface area contributed by atoms with Gasteiger partial charge in [-0.2, -0.15) is 0 Å². The molecule has 1 heterocycles. The highest BCUT2D eigenvalue weighted by Crippen LogP contribution is 2.17. The van der Waals surface area contributed by atoms with E-state index in [2.05, 4.69) is 5.32 Å². The average molecular weight is 300 g/mol. The number of carboxylic acids is 2. The summed E-state index contributed by atoms with van der Waals surface area (Å²) in [7, 11) is 0. The zero-order valence-corrected chi connectivity index (χ0v) is 11.9. The molecule has 1 aliphatic rings. The van der Waals surface area contributed by atoms with Gasteiger partial charge in [0.05, 0.1) is 0 Å². The van der Waals surface area contributed by atoms with Crippen molar-refractivity contribution in [2.45, 2.75) is 51.1 Å². The molecule has 3 N–H and O–H groups in total. The number of nitrogens with zero attached hydrogens (tertiary/aromatic N) is 1. The Kier molecular flexibility index (Phi) is 6.13. The molecule has 0 unspecified atom stereocenters. The lowest BCUT2D eigenvalue weighted by atomic mass is 10.0. The van der Waals surface area contributed by atoms with Crippen LogP contribution in [0.1, 0.15) is 39.0 Å². The van der Waals surface area contributed by atoms with Crippen LogP contribution in [0.25, 0.3) is 0 Å². The lowest BCUT2D eigenvalue weighted by Crippen LogP contribution is -2.55. The van der Waals surface area contributed by atoms with Crippen molar-refractivity contribution < 1.29 is 29.4 Å². The lowest BCUT2D eigenvalue weighted by Gasteiger charge is -2.32. The first-order valence-corrected chi connectivity index (χ1v) is 6.95. The van der Waals surface area contributed by atoms with Gasteiger partial charge in [-0.25, -0.2) is 9.59 Å². The Morgan fingerprint density at radius 1 is 1.24 bits per heavy atom. The van der Waals surface area contributed by atoms with Crippen molar-refractivity contribution in [2.24, 2.45) is 0 Å². The van der Waals surface area contributed by atoms with E-state index in [4.69, 9.17) is 10.2 Å². The van der Waals surface area contributed by atoms with E-state index in [9.17, 15) is 19.2 Å². The summed E-state index contributed by atoms with van der Waals surface area (Å²) >= 11 is 0. The summed E-state index contributed by atoms with van der Waals surface area (Å²) in [4.78, 5) is 46.9. The largest absolute Gasteiger partial charge is 0.480 e. The van der Waals surface area contributed by atoms with Crippen molar-refractivity contribution in [2.75, 3.05) is 6.54 Å². The van der Waals surface area contributed by atoms with Crippen molar-refractivity contribution >= 4 is 23.8 Å². The van der Waals surface area contributed by atoms with Gasteiger partial charge < -0.3 is 20.4 Å². The normalized spacial score (nSPS) is 19.7. The fraction of sp³-hybridized carbons (Fsp3) is 0.692. The fourth-order valence-electron chi connectivity index (χ4n) is 2.33. The number of likely N-dealkylation sites (tertiary alicyclic amines) is 1. The highest BCUT2D eigenvalue weighted by atomic mass is 16.4. The van der Waals surface area contributed by atoms with Crippen LogP contribution < -0.4 is 5.32 Å². The standard InChI is InChI=1S/C13H20N2O6/c1-2-5-8(12(18)19)14-10(16)11(17)15-7-4-3-6-9(15)13(20)21/h8-9H,2-7H2,1H3,(H,14,16)(H,18,19)(H,20,21)/t8-,9-/m0/s1. The van der Waals surface area contributed by atoms with Crippen LogP contribution in [0.5, 0.6) is 0 Å². The first-order chi connectivity index (χ1) is 9.88. The van der Waals surface area contributed by atoms with Gasteiger partial charge in [-0.3, -0.25) is 9.59 Å². The molecule has 0 bridgehead atoms. The summed E-state index contributed by atoms with van der Waals surface area (Å²) in [6.07, 6.45) is 2.34.